The van der Waals surface area contributed by atoms with Crippen LogP contribution in [-0.4, -0.2) is 9.97 Å². The van der Waals surface area contributed by atoms with E-state index in [1.807, 2.05) is 0 Å². The number of anilines is 2. The maximum atomic E-state index is 13.1. The molecule has 1 aromatic carbocycles. The number of nitrogens with zero attached hydrogens (tertiary/aromatic N) is 1. The van der Waals surface area contributed by atoms with Gasteiger partial charge in [0.1, 0.15) is 5.82 Å². The maximum absolute atomic E-state index is 13.1. The Balaban J connectivity index is 2.36. The first-order valence-electron chi connectivity index (χ1n) is 4.08. The number of nitrogens with one attached hydrogen (secondary N) is 2. The highest BCUT2D eigenvalue weighted by Gasteiger charge is 2.11. The number of aromatic nitrogens is 2. The van der Waals surface area contributed by atoms with Gasteiger partial charge in [-0.3, -0.25) is 0 Å². The van der Waals surface area contributed by atoms with Crippen molar-refractivity contribution < 1.29 is 13.2 Å². The number of H-pyrrole nitrogens is 1. The molecule has 1 heterocycles. The van der Waals surface area contributed by atoms with Crippen molar-refractivity contribution in [2.45, 2.75) is 0 Å². The smallest absolute Gasteiger partial charge is 0.204 e. The zero-order chi connectivity index (χ0) is 10.8. The molecular formula is C9H6F3N3. The van der Waals surface area contributed by atoms with Crippen LogP contribution < -0.4 is 5.32 Å². The van der Waals surface area contributed by atoms with Gasteiger partial charge in [-0.1, -0.05) is 0 Å². The first kappa shape index (κ1) is 9.57. The standard InChI is InChI=1S/C9H6F3N3/c10-5-3-6(11)8(12)7(4-5)15-9-13-1-2-14-9/h1-4H,(H2,13,14,15). The molecule has 0 radical (unpaired) electrons. The second-order valence-electron chi connectivity index (χ2n) is 2.81. The second-order valence-corrected chi connectivity index (χ2v) is 2.81. The minimum absolute atomic E-state index is 0.207. The van der Waals surface area contributed by atoms with Crippen LogP contribution in [0.15, 0.2) is 24.5 Å². The molecule has 0 fully saturated rings. The predicted molar refractivity (Wildman–Crippen MR) is 48.2 cm³/mol. The van der Waals surface area contributed by atoms with Gasteiger partial charge in [-0.05, 0) is 0 Å². The van der Waals surface area contributed by atoms with Gasteiger partial charge >= 0.3 is 0 Å². The average molecular weight is 213 g/mol. The van der Waals surface area contributed by atoms with Crippen LogP contribution in [0.1, 0.15) is 0 Å². The highest BCUT2D eigenvalue weighted by atomic mass is 19.2. The molecule has 0 saturated heterocycles. The van der Waals surface area contributed by atoms with Crippen molar-refractivity contribution in [1.29, 1.82) is 0 Å². The number of hydrogen-bond acceptors (Lipinski definition) is 2. The van der Waals surface area contributed by atoms with E-state index in [4.69, 9.17) is 0 Å². The molecule has 0 unspecified atom stereocenters. The summed E-state index contributed by atoms with van der Waals surface area (Å²) >= 11 is 0. The zero-order valence-electron chi connectivity index (χ0n) is 7.39. The van der Waals surface area contributed by atoms with Crippen molar-refractivity contribution >= 4 is 11.6 Å². The fraction of sp³-hybridized carbons (Fsp3) is 0. The van der Waals surface area contributed by atoms with E-state index in [-0.39, 0.29) is 11.6 Å². The quantitative estimate of drug-likeness (QED) is 0.752. The normalized spacial score (nSPS) is 10.3. The summed E-state index contributed by atoms with van der Waals surface area (Å²) in [5, 5.41) is 2.41. The lowest BCUT2D eigenvalue weighted by molar-refractivity contribution is 0.498. The summed E-state index contributed by atoms with van der Waals surface area (Å²) < 4.78 is 38.7. The fourth-order valence-corrected chi connectivity index (χ4v) is 1.11. The van der Waals surface area contributed by atoms with Gasteiger partial charge in [0.15, 0.2) is 11.6 Å². The lowest BCUT2D eigenvalue weighted by atomic mass is 10.3. The summed E-state index contributed by atoms with van der Waals surface area (Å²) in [6.45, 7) is 0. The van der Waals surface area contributed by atoms with Crippen LogP contribution in [0.2, 0.25) is 0 Å². The summed E-state index contributed by atoms with van der Waals surface area (Å²) in [6, 6.07) is 1.32. The van der Waals surface area contributed by atoms with Crippen LogP contribution >= 0.6 is 0 Å². The molecular weight excluding hydrogens is 207 g/mol. The Morgan fingerprint density at radius 1 is 1.20 bits per heavy atom. The number of imidazole rings is 1. The van der Waals surface area contributed by atoms with E-state index < -0.39 is 17.5 Å². The molecule has 0 aliphatic rings. The van der Waals surface area contributed by atoms with Crippen molar-refractivity contribution in [3.05, 3.63) is 42.0 Å². The maximum Gasteiger partial charge on any atom is 0.204 e. The van der Waals surface area contributed by atoms with Gasteiger partial charge in [-0.25, -0.2) is 18.2 Å². The van der Waals surface area contributed by atoms with Gasteiger partial charge in [0.25, 0.3) is 0 Å². The molecule has 78 valence electrons. The van der Waals surface area contributed by atoms with Crippen LogP contribution in [0.3, 0.4) is 0 Å². The van der Waals surface area contributed by atoms with E-state index in [2.05, 4.69) is 15.3 Å². The third-order valence-corrected chi connectivity index (χ3v) is 1.74. The van der Waals surface area contributed by atoms with Gasteiger partial charge < -0.3 is 10.3 Å². The van der Waals surface area contributed by atoms with E-state index in [0.29, 0.717) is 6.07 Å². The van der Waals surface area contributed by atoms with Crippen molar-refractivity contribution in [2.24, 2.45) is 0 Å². The molecule has 0 atom stereocenters. The Labute approximate surface area is 83.0 Å². The van der Waals surface area contributed by atoms with Crippen molar-refractivity contribution in [2.75, 3.05) is 5.32 Å². The Bertz CT molecular complexity index is 468. The van der Waals surface area contributed by atoms with Crippen LogP contribution in [0.4, 0.5) is 24.8 Å². The fourth-order valence-electron chi connectivity index (χ4n) is 1.11. The zero-order valence-corrected chi connectivity index (χ0v) is 7.39. The molecule has 15 heavy (non-hydrogen) atoms. The Kier molecular flexibility index (Phi) is 2.32. The molecule has 0 amide bonds. The minimum Gasteiger partial charge on any atom is -0.331 e. The molecule has 0 bridgehead atoms. The lowest BCUT2D eigenvalue weighted by Crippen LogP contribution is -1.99. The van der Waals surface area contributed by atoms with E-state index in [9.17, 15) is 13.2 Å². The van der Waals surface area contributed by atoms with Crippen molar-refractivity contribution in [3.8, 4) is 0 Å². The molecule has 2 aromatic rings. The van der Waals surface area contributed by atoms with Crippen LogP contribution in [-0.2, 0) is 0 Å². The summed E-state index contributed by atoms with van der Waals surface area (Å²) in [7, 11) is 0. The van der Waals surface area contributed by atoms with Crippen LogP contribution in [0.5, 0.6) is 0 Å². The monoisotopic (exact) mass is 213 g/mol. The molecule has 2 rings (SSSR count). The number of rotatable bonds is 2. The third-order valence-electron chi connectivity index (χ3n) is 1.74. The molecule has 0 aliphatic carbocycles. The topological polar surface area (TPSA) is 40.7 Å². The van der Waals surface area contributed by atoms with Gasteiger partial charge in [-0.15, -0.1) is 0 Å². The van der Waals surface area contributed by atoms with E-state index >= 15 is 0 Å². The van der Waals surface area contributed by atoms with Crippen LogP contribution in [0, 0.1) is 17.5 Å². The van der Waals surface area contributed by atoms with Gasteiger partial charge in [0.05, 0.1) is 5.69 Å². The molecule has 2 N–H and O–H groups in total. The van der Waals surface area contributed by atoms with E-state index in [1.165, 1.54) is 12.4 Å². The number of benzene rings is 1. The SMILES string of the molecule is Fc1cc(F)c(F)c(Nc2ncc[nH]2)c1. The van der Waals surface area contributed by atoms with Gasteiger partial charge in [0, 0.05) is 24.5 Å². The highest BCUT2D eigenvalue weighted by molar-refractivity contribution is 5.54. The van der Waals surface area contributed by atoms with E-state index in [1.54, 1.807) is 0 Å². The van der Waals surface area contributed by atoms with E-state index in [0.717, 1.165) is 6.07 Å². The Hall–Kier alpha value is -1.98. The van der Waals surface area contributed by atoms with Crippen molar-refractivity contribution in [1.82, 2.24) is 9.97 Å². The first-order chi connectivity index (χ1) is 7.16. The van der Waals surface area contributed by atoms with Gasteiger partial charge in [-0.2, -0.15) is 0 Å². The minimum atomic E-state index is -1.25. The van der Waals surface area contributed by atoms with Crippen LogP contribution in [0.25, 0.3) is 0 Å². The van der Waals surface area contributed by atoms with Crippen molar-refractivity contribution in [3.63, 3.8) is 0 Å². The number of hydrogen-bond donors (Lipinski definition) is 2. The highest BCUT2D eigenvalue weighted by Crippen LogP contribution is 2.21. The Morgan fingerprint density at radius 2 is 2.00 bits per heavy atom. The molecule has 0 saturated carbocycles. The second kappa shape index (κ2) is 3.64. The number of aromatic amines is 1. The summed E-state index contributed by atoms with van der Waals surface area (Å²) in [5.41, 5.74) is -0.303. The third kappa shape index (κ3) is 1.93. The molecule has 1 aromatic heterocycles. The summed E-state index contributed by atoms with van der Waals surface area (Å²) in [6.07, 6.45) is 2.92. The largest absolute Gasteiger partial charge is 0.331 e. The molecule has 0 spiro atoms. The van der Waals surface area contributed by atoms with Gasteiger partial charge in [0.2, 0.25) is 5.95 Å². The number of halogens is 3. The summed E-state index contributed by atoms with van der Waals surface area (Å²) in [5.74, 6) is -3.04. The molecule has 6 heteroatoms. The Morgan fingerprint density at radius 3 is 2.67 bits per heavy atom. The molecule has 3 nitrogen and oxygen atoms in total. The first-order valence-corrected chi connectivity index (χ1v) is 4.08. The lowest BCUT2D eigenvalue weighted by Gasteiger charge is -2.04. The summed E-state index contributed by atoms with van der Waals surface area (Å²) in [4.78, 5) is 6.35. The average Bonchev–Trinajstić information content (AvgIpc) is 2.66. The predicted octanol–water partition coefficient (Wildman–Crippen LogP) is 2.57. The molecule has 0 aliphatic heterocycles.